The van der Waals surface area contributed by atoms with Gasteiger partial charge in [-0.25, -0.2) is 0 Å². The van der Waals surface area contributed by atoms with Gasteiger partial charge in [0.05, 0.1) is 6.61 Å². The Labute approximate surface area is 100 Å². The van der Waals surface area contributed by atoms with Gasteiger partial charge in [0.15, 0.2) is 0 Å². The lowest BCUT2D eigenvalue weighted by Crippen LogP contribution is -2.65. The third-order valence-electron chi connectivity index (χ3n) is 5.08. The van der Waals surface area contributed by atoms with E-state index in [0.717, 1.165) is 6.42 Å². The van der Waals surface area contributed by atoms with Gasteiger partial charge in [-0.2, -0.15) is 0 Å². The maximum Gasteiger partial charge on any atom is 0.0612 e. The van der Waals surface area contributed by atoms with E-state index >= 15 is 0 Å². The predicted octanol–water partition coefficient (Wildman–Crippen LogP) is 2.80. The molecule has 2 heteroatoms. The van der Waals surface area contributed by atoms with E-state index in [9.17, 15) is 5.11 Å². The molecule has 0 aromatic carbocycles. The van der Waals surface area contributed by atoms with Crippen LogP contribution in [0.15, 0.2) is 0 Å². The zero-order valence-corrected chi connectivity index (χ0v) is 11.0. The summed E-state index contributed by atoms with van der Waals surface area (Å²) in [5, 5.41) is 9.52. The van der Waals surface area contributed by atoms with Gasteiger partial charge in [0.25, 0.3) is 0 Å². The van der Waals surface area contributed by atoms with Gasteiger partial charge in [-0.3, -0.25) is 4.90 Å². The first kappa shape index (κ1) is 12.4. The molecule has 0 amide bonds. The van der Waals surface area contributed by atoms with Crippen molar-refractivity contribution in [1.82, 2.24) is 4.90 Å². The maximum absolute atomic E-state index is 9.52. The molecule has 1 aliphatic heterocycles. The van der Waals surface area contributed by atoms with Gasteiger partial charge >= 0.3 is 0 Å². The number of aliphatic hydroxyl groups excluding tert-OH is 1. The van der Waals surface area contributed by atoms with Crippen molar-refractivity contribution in [2.75, 3.05) is 19.7 Å². The molecular weight excluding hydrogens is 198 g/mol. The molecule has 2 aliphatic rings. The molecule has 1 aliphatic carbocycles. The Morgan fingerprint density at radius 2 is 1.69 bits per heavy atom. The Morgan fingerprint density at radius 1 is 1.12 bits per heavy atom. The summed E-state index contributed by atoms with van der Waals surface area (Å²) in [6.07, 6.45) is 9.63. The lowest BCUT2D eigenvalue weighted by Gasteiger charge is -2.57. The van der Waals surface area contributed by atoms with Gasteiger partial charge < -0.3 is 5.11 Å². The largest absolute Gasteiger partial charge is 0.394 e. The van der Waals surface area contributed by atoms with E-state index in [1.165, 1.54) is 51.6 Å². The molecule has 0 aromatic heterocycles. The second kappa shape index (κ2) is 4.66. The standard InChI is InChI=1S/C14H27NO/c1-3-13(2,12-16)15-10-14(11-15)8-6-4-5-7-9-14/h16H,3-12H2,1-2H3. The van der Waals surface area contributed by atoms with E-state index in [2.05, 4.69) is 18.7 Å². The van der Waals surface area contributed by atoms with Gasteiger partial charge in [0.1, 0.15) is 0 Å². The summed E-state index contributed by atoms with van der Waals surface area (Å²) in [5.74, 6) is 0. The topological polar surface area (TPSA) is 23.5 Å². The number of aliphatic hydroxyl groups is 1. The molecule has 1 spiro atoms. The highest BCUT2D eigenvalue weighted by Gasteiger charge is 2.48. The fraction of sp³-hybridized carbons (Fsp3) is 1.00. The summed E-state index contributed by atoms with van der Waals surface area (Å²) < 4.78 is 0. The molecule has 0 aromatic rings. The smallest absolute Gasteiger partial charge is 0.0612 e. The van der Waals surface area contributed by atoms with Crippen LogP contribution in [0.3, 0.4) is 0 Å². The Bertz CT molecular complexity index is 219. The molecule has 2 rings (SSSR count). The molecule has 2 nitrogen and oxygen atoms in total. The Morgan fingerprint density at radius 3 is 2.12 bits per heavy atom. The second-order valence-corrected chi connectivity index (χ2v) is 6.28. The molecule has 1 unspecified atom stereocenters. The monoisotopic (exact) mass is 225 g/mol. The normalized spacial score (nSPS) is 29.4. The minimum absolute atomic E-state index is 0.0392. The average Bonchev–Trinajstić information content (AvgIpc) is 2.51. The average molecular weight is 225 g/mol. The second-order valence-electron chi connectivity index (χ2n) is 6.28. The molecule has 2 fully saturated rings. The summed E-state index contributed by atoms with van der Waals surface area (Å²) in [4.78, 5) is 2.51. The molecule has 1 heterocycles. The molecule has 0 bridgehead atoms. The van der Waals surface area contributed by atoms with E-state index in [0.29, 0.717) is 12.0 Å². The first-order valence-electron chi connectivity index (χ1n) is 7.00. The molecule has 1 saturated carbocycles. The number of rotatable bonds is 3. The molecule has 16 heavy (non-hydrogen) atoms. The predicted molar refractivity (Wildman–Crippen MR) is 67.5 cm³/mol. The van der Waals surface area contributed by atoms with Crippen molar-refractivity contribution in [3.05, 3.63) is 0 Å². The van der Waals surface area contributed by atoms with Crippen LogP contribution in [-0.2, 0) is 0 Å². The highest BCUT2D eigenvalue weighted by molar-refractivity contribution is 5.02. The zero-order valence-electron chi connectivity index (χ0n) is 11.0. The van der Waals surface area contributed by atoms with Crippen molar-refractivity contribution < 1.29 is 5.11 Å². The summed E-state index contributed by atoms with van der Waals surface area (Å²) in [7, 11) is 0. The van der Waals surface area contributed by atoms with Crippen molar-refractivity contribution in [3.63, 3.8) is 0 Å². The summed E-state index contributed by atoms with van der Waals surface area (Å²) in [6.45, 7) is 7.17. The number of likely N-dealkylation sites (tertiary alicyclic amines) is 1. The van der Waals surface area contributed by atoms with Crippen LogP contribution in [0.4, 0.5) is 0 Å². The lowest BCUT2D eigenvalue weighted by molar-refractivity contribution is -0.0985. The van der Waals surface area contributed by atoms with Crippen LogP contribution in [-0.4, -0.2) is 35.2 Å². The van der Waals surface area contributed by atoms with Crippen molar-refractivity contribution in [1.29, 1.82) is 0 Å². The summed E-state index contributed by atoms with van der Waals surface area (Å²) in [6, 6.07) is 0. The van der Waals surface area contributed by atoms with Crippen LogP contribution in [0.2, 0.25) is 0 Å². The van der Waals surface area contributed by atoms with Gasteiger partial charge in [0, 0.05) is 18.6 Å². The Hall–Kier alpha value is -0.0800. The van der Waals surface area contributed by atoms with Crippen LogP contribution in [0.1, 0.15) is 58.8 Å². The van der Waals surface area contributed by atoms with Crippen LogP contribution in [0.5, 0.6) is 0 Å². The summed E-state index contributed by atoms with van der Waals surface area (Å²) >= 11 is 0. The van der Waals surface area contributed by atoms with Gasteiger partial charge in [0.2, 0.25) is 0 Å². The Kier molecular flexibility index (Phi) is 3.60. The zero-order chi connectivity index (χ0) is 11.6. The van der Waals surface area contributed by atoms with Crippen molar-refractivity contribution in [2.24, 2.45) is 5.41 Å². The van der Waals surface area contributed by atoms with Crippen LogP contribution >= 0.6 is 0 Å². The molecule has 1 N–H and O–H groups in total. The first-order chi connectivity index (χ1) is 7.64. The van der Waals surface area contributed by atoms with E-state index in [-0.39, 0.29) is 5.54 Å². The Balaban J connectivity index is 1.92. The first-order valence-corrected chi connectivity index (χ1v) is 7.00. The van der Waals surface area contributed by atoms with Crippen molar-refractivity contribution in [3.8, 4) is 0 Å². The van der Waals surface area contributed by atoms with Gasteiger partial charge in [-0.15, -0.1) is 0 Å². The van der Waals surface area contributed by atoms with E-state index < -0.39 is 0 Å². The van der Waals surface area contributed by atoms with Gasteiger partial charge in [-0.05, 0) is 31.6 Å². The number of hydrogen-bond donors (Lipinski definition) is 1. The third-order valence-corrected chi connectivity index (χ3v) is 5.08. The quantitative estimate of drug-likeness (QED) is 0.798. The highest BCUT2D eigenvalue weighted by Crippen LogP contribution is 2.45. The van der Waals surface area contributed by atoms with Gasteiger partial charge in [-0.1, -0.05) is 32.6 Å². The third kappa shape index (κ3) is 2.14. The molecule has 94 valence electrons. The van der Waals surface area contributed by atoms with Crippen LogP contribution < -0.4 is 0 Å². The van der Waals surface area contributed by atoms with E-state index in [1.54, 1.807) is 0 Å². The fourth-order valence-electron chi connectivity index (χ4n) is 3.38. The SMILES string of the molecule is CCC(C)(CO)N1CC2(CCCCCC2)C1. The minimum atomic E-state index is 0.0392. The van der Waals surface area contributed by atoms with Crippen LogP contribution in [0, 0.1) is 5.41 Å². The fourth-order valence-corrected chi connectivity index (χ4v) is 3.38. The molecular formula is C14H27NO. The summed E-state index contributed by atoms with van der Waals surface area (Å²) in [5.41, 5.74) is 0.666. The van der Waals surface area contributed by atoms with E-state index in [1.807, 2.05) is 0 Å². The molecule has 1 atom stereocenters. The number of hydrogen-bond acceptors (Lipinski definition) is 2. The van der Waals surface area contributed by atoms with Crippen molar-refractivity contribution >= 4 is 0 Å². The maximum atomic E-state index is 9.52. The number of nitrogens with zero attached hydrogens (tertiary/aromatic N) is 1. The minimum Gasteiger partial charge on any atom is -0.394 e. The van der Waals surface area contributed by atoms with E-state index in [4.69, 9.17) is 0 Å². The molecule has 1 saturated heterocycles. The van der Waals surface area contributed by atoms with Crippen LogP contribution in [0.25, 0.3) is 0 Å². The lowest BCUT2D eigenvalue weighted by atomic mass is 9.71. The molecule has 0 radical (unpaired) electrons. The van der Waals surface area contributed by atoms with Crippen molar-refractivity contribution in [2.45, 2.75) is 64.3 Å². The highest BCUT2D eigenvalue weighted by atomic mass is 16.3.